The molecule has 1 unspecified atom stereocenters. The Kier molecular flexibility index (Phi) is 11.0. The molecule has 0 aliphatic rings. The quantitative estimate of drug-likeness (QED) is 0.349. The first-order valence-electron chi connectivity index (χ1n) is 6.63. The average Bonchev–Trinajstić information content (AvgIpc) is 2.29. The molecule has 6 nitrogen and oxygen atoms in total. The van der Waals surface area contributed by atoms with E-state index in [-0.39, 0.29) is 19.2 Å². The summed E-state index contributed by atoms with van der Waals surface area (Å²) in [7, 11) is 0. The Morgan fingerprint density at radius 1 is 1.33 bits per heavy atom. The van der Waals surface area contributed by atoms with Crippen LogP contribution in [-0.2, 0) is 4.79 Å². The summed E-state index contributed by atoms with van der Waals surface area (Å²) in [5.41, 5.74) is 0. The average molecular weight is 261 g/mol. The maximum absolute atomic E-state index is 10.8. The highest BCUT2D eigenvalue weighted by atomic mass is 16.4. The number of likely N-dealkylation sites (N-methyl/N-ethyl adjacent to an activating group) is 2. The van der Waals surface area contributed by atoms with Gasteiger partial charge >= 0.3 is 5.97 Å². The molecule has 0 radical (unpaired) electrons. The number of rotatable bonds is 12. The molecule has 6 heteroatoms. The second kappa shape index (κ2) is 11.4. The summed E-state index contributed by atoms with van der Waals surface area (Å²) >= 11 is 0. The third kappa shape index (κ3) is 9.35. The van der Waals surface area contributed by atoms with Gasteiger partial charge < -0.3 is 20.8 Å². The Bertz CT molecular complexity index is 209. The number of nitrogens with zero attached hydrogens (tertiary/aromatic N) is 1. The summed E-state index contributed by atoms with van der Waals surface area (Å²) < 4.78 is 0. The van der Waals surface area contributed by atoms with E-state index in [1.54, 1.807) is 0 Å². The lowest BCUT2D eigenvalue weighted by Gasteiger charge is -2.26. The maximum atomic E-state index is 10.8. The molecular weight excluding hydrogens is 234 g/mol. The lowest BCUT2D eigenvalue weighted by atomic mass is 10.2. The van der Waals surface area contributed by atoms with E-state index < -0.39 is 5.97 Å². The molecule has 18 heavy (non-hydrogen) atoms. The molecule has 0 aliphatic heterocycles. The normalized spacial score (nSPS) is 12.9. The first kappa shape index (κ1) is 17.3. The van der Waals surface area contributed by atoms with Gasteiger partial charge in [0.15, 0.2) is 0 Å². The van der Waals surface area contributed by atoms with Crippen LogP contribution in [0.2, 0.25) is 0 Å². The van der Waals surface area contributed by atoms with E-state index in [2.05, 4.69) is 10.6 Å². The van der Waals surface area contributed by atoms with Crippen molar-refractivity contribution in [1.82, 2.24) is 15.5 Å². The third-order valence-electron chi connectivity index (χ3n) is 2.66. The molecule has 0 spiro atoms. The number of aliphatic hydroxyl groups is 1. The predicted octanol–water partition coefficient (Wildman–Crippen LogP) is -0.657. The molecule has 1 atom stereocenters. The fourth-order valence-electron chi connectivity index (χ4n) is 1.85. The molecule has 0 bridgehead atoms. The fraction of sp³-hybridized carbons (Fsp3) is 0.917. The van der Waals surface area contributed by atoms with Crippen molar-refractivity contribution >= 4 is 5.97 Å². The molecule has 0 aromatic heterocycles. The Labute approximate surface area is 109 Å². The lowest BCUT2D eigenvalue weighted by Crippen LogP contribution is -2.45. The molecule has 0 rings (SSSR count). The monoisotopic (exact) mass is 261 g/mol. The van der Waals surface area contributed by atoms with Gasteiger partial charge in [0.05, 0.1) is 6.54 Å². The first-order valence-corrected chi connectivity index (χ1v) is 6.63. The molecule has 0 saturated heterocycles. The molecule has 0 aromatic rings. The van der Waals surface area contributed by atoms with Crippen LogP contribution < -0.4 is 10.6 Å². The zero-order valence-corrected chi connectivity index (χ0v) is 11.5. The number of hydrogen-bond donors (Lipinski definition) is 4. The van der Waals surface area contributed by atoms with Gasteiger partial charge in [-0.05, 0) is 19.5 Å². The Hall–Kier alpha value is -0.690. The van der Waals surface area contributed by atoms with Gasteiger partial charge in [0.25, 0.3) is 0 Å². The summed E-state index contributed by atoms with van der Waals surface area (Å²) in [6.07, 6.45) is 0.644. The van der Waals surface area contributed by atoms with Crippen molar-refractivity contribution in [3.05, 3.63) is 0 Å². The van der Waals surface area contributed by atoms with E-state index in [1.807, 2.05) is 18.7 Å². The summed E-state index contributed by atoms with van der Waals surface area (Å²) in [6.45, 7) is 8.01. The fourth-order valence-corrected chi connectivity index (χ4v) is 1.85. The van der Waals surface area contributed by atoms with Crippen LogP contribution in [0.3, 0.4) is 0 Å². The van der Waals surface area contributed by atoms with E-state index in [4.69, 9.17) is 10.2 Å². The van der Waals surface area contributed by atoms with Crippen molar-refractivity contribution in [1.29, 1.82) is 0 Å². The molecule has 0 heterocycles. The van der Waals surface area contributed by atoms with Crippen molar-refractivity contribution in [2.45, 2.75) is 26.3 Å². The minimum atomic E-state index is -0.814. The third-order valence-corrected chi connectivity index (χ3v) is 2.66. The number of nitrogens with one attached hydrogen (secondary N) is 2. The van der Waals surface area contributed by atoms with Gasteiger partial charge in [0.2, 0.25) is 0 Å². The SMILES string of the molecule is CCNCCN(CC(=O)O)CC(CCO)NCC. The summed E-state index contributed by atoms with van der Waals surface area (Å²) in [5.74, 6) is -0.814. The van der Waals surface area contributed by atoms with Gasteiger partial charge in [0.1, 0.15) is 0 Å². The second-order valence-electron chi connectivity index (χ2n) is 4.25. The second-order valence-corrected chi connectivity index (χ2v) is 4.25. The number of aliphatic hydroxyl groups excluding tert-OH is 1. The van der Waals surface area contributed by atoms with Gasteiger partial charge in [-0.25, -0.2) is 0 Å². The lowest BCUT2D eigenvalue weighted by molar-refractivity contribution is -0.138. The molecule has 4 N–H and O–H groups in total. The summed E-state index contributed by atoms with van der Waals surface area (Å²) in [6, 6.07) is 0.140. The van der Waals surface area contributed by atoms with Crippen LogP contribution in [0.1, 0.15) is 20.3 Å². The number of aliphatic carboxylic acids is 1. The maximum Gasteiger partial charge on any atom is 0.317 e. The van der Waals surface area contributed by atoms with Gasteiger partial charge in [-0.2, -0.15) is 0 Å². The Morgan fingerprint density at radius 2 is 2.06 bits per heavy atom. The number of hydrogen-bond acceptors (Lipinski definition) is 5. The van der Waals surface area contributed by atoms with Crippen LogP contribution >= 0.6 is 0 Å². The van der Waals surface area contributed by atoms with E-state index in [1.165, 1.54) is 0 Å². The number of carbonyl (C=O) groups is 1. The molecule has 0 fully saturated rings. The van der Waals surface area contributed by atoms with E-state index in [9.17, 15) is 4.79 Å². The van der Waals surface area contributed by atoms with Crippen LogP contribution in [0.5, 0.6) is 0 Å². The van der Waals surface area contributed by atoms with Crippen molar-refractivity contribution in [2.24, 2.45) is 0 Å². The minimum Gasteiger partial charge on any atom is -0.480 e. The van der Waals surface area contributed by atoms with Crippen molar-refractivity contribution < 1.29 is 15.0 Å². The van der Waals surface area contributed by atoms with E-state index in [0.717, 1.165) is 19.6 Å². The highest BCUT2D eigenvalue weighted by Crippen LogP contribution is 1.97. The van der Waals surface area contributed by atoms with Gasteiger partial charge in [0, 0.05) is 32.3 Å². The zero-order valence-electron chi connectivity index (χ0n) is 11.5. The molecule has 0 saturated carbocycles. The van der Waals surface area contributed by atoms with E-state index >= 15 is 0 Å². The highest BCUT2D eigenvalue weighted by molar-refractivity contribution is 5.69. The van der Waals surface area contributed by atoms with E-state index in [0.29, 0.717) is 19.5 Å². The summed E-state index contributed by atoms with van der Waals surface area (Å²) in [5, 5.41) is 24.3. The molecule has 0 aliphatic carbocycles. The standard InChI is InChI=1S/C12H27N3O3/c1-3-13-6-7-15(10-12(17)18)9-11(5-8-16)14-4-2/h11,13-14,16H,3-10H2,1-2H3,(H,17,18). The Morgan fingerprint density at radius 3 is 2.56 bits per heavy atom. The molecule has 108 valence electrons. The number of carboxylic acid groups (broad SMARTS) is 1. The van der Waals surface area contributed by atoms with Crippen LogP contribution in [-0.4, -0.2) is 73.0 Å². The Balaban J connectivity index is 4.19. The van der Waals surface area contributed by atoms with Crippen LogP contribution in [0.4, 0.5) is 0 Å². The van der Waals surface area contributed by atoms with Crippen LogP contribution in [0, 0.1) is 0 Å². The molecular formula is C12H27N3O3. The smallest absolute Gasteiger partial charge is 0.317 e. The van der Waals surface area contributed by atoms with Gasteiger partial charge in [-0.3, -0.25) is 9.69 Å². The van der Waals surface area contributed by atoms with Gasteiger partial charge in [-0.1, -0.05) is 13.8 Å². The van der Waals surface area contributed by atoms with Crippen LogP contribution in [0.25, 0.3) is 0 Å². The topological polar surface area (TPSA) is 84.8 Å². The minimum absolute atomic E-state index is 0.0404. The molecule has 0 aromatic carbocycles. The summed E-state index contributed by atoms with van der Waals surface area (Å²) in [4.78, 5) is 12.7. The molecule has 0 amide bonds. The first-order chi connectivity index (χ1) is 8.63. The zero-order chi connectivity index (χ0) is 13.8. The van der Waals surface area contributed by atoms with Crippen molar-refractivity contribution in [3.8, 4) is 0 Å². The largest absolute Gasteiger partial charge is 0.480 e. The highest BCUT2D eigenvalue weighted by Gasteiger charge is 2.15. The van der Waals surface area contributed by atoms with Gasteiger partial charge in [-0.15, -0.1) is 0 Å². The van der Waals surface area contributed by atoms with Crippen molar-refractivity contribution in [3.63, 3.8) is 0 Å². The van der Waals surface area contributed by atoms with Crippen molar-refractivity contribution in [2.75, 3.05) is 45.9 Å². The number of carboxylic acids is 1. The van der Waals surface area contributed by atoms with Crippen LogP contribution in [0.15, 0.2) is 0 Å². The predicted molar refractivity (Wildman–Crippen MR) is 71.8 cm³/mol.